The number of nitrogens with zero attached hydrogens (tertiary/aromatic N) is 1. The van der Waals surface area contributed by atoms with Gasteiger partial charge in [-0.05, 0) is 38.8 Å². The minimum absolute atomic E-state index is 0.137. The third-order valence-electron chi connectivity index (χ3n) is 2.53. The molecule has 0 spiro atoms. The van der Waals surface area contributed by atoms with Gasteiger partial charge in [-0.25, -0.2) is 18.1 Å². The van der Waals surface area contributed by atoms with Crippen molar-refractivity contribution in [2.24, 2.45) is 0 Å². The molecule has 0 unspecified atom stereocenters. The second-order valence-electron chi connectivity index (χ2n) is 5.45. The van der Waals surface area contributed by atoms with Crippen LogP contribution in [0.2, 0.25) is 0 Å². The topological polar surface area (TPSA) is 59.1 Å². The number of sulfonamides is 1. The van der Waals surface area contributed by atoms with Crippen LogP contribution in [0.3, 0.4) is 0 Å². The van der Waals surface area contributed by atoms with E-state index in [0.29, 0.717) is 0 Å². The van der Waals surface area contributed by atoms with Gasteiger partial charge in [-0.2, -0.15) is 0 Å². The van der Waals surface area contributed by atoms with Crippen LogP contribution in [0.25, 0.3) is 10.2 Å². The third-order valence-corrected chi connectivity index (χ3v) is 5.69. The fraction of sp³-hybridized carbons (Fsp3) is 0.462. The summed E-state index contributed by atoms with van der Waals surface area (Å²) in [5, 5.41) is 0. The van der Waals surface area contributed by atoms with Gasteiger partial charge in [0.25, 0.3) is 10.0 Å². The van der Waals surface area contributed by atoms with Gasteiger partial charge in [0.05, 0.1) is 10.2 Å². The number of hydrogen-bond acceptors (Lipinski definition) is 4. The molecule has 0 aliphatic carbocycles. The maximum Gasteiger partial charge on any atom is 0.268 e. The van der Waals surface area contributed by atoms with Gasteiger partial charge in [0, 0.05) is 5.54 Å². The largest absolute Gasteiger partial charge is 0.268 e. The predicted molar refractivity (Wildman–Crippen MR) is 79.1 cm³/mol. The van der Waals surface area contributed by atoms with Crippen molar-refractivity contribution in [2.75, 3.05) is 0 Å². The fourth-order valence-electron chi connectivity index (χ4n) is 1.83. The first-order valence-corrected chi connectivity index (χ1v) is 8.45. The molecule has 2 aromatic rings. The summed E-state index contributed by atoms with van der Waals surface area (Å²) in [6.07, 6.45) is 0.841. The van der Waals surface area contributed by atoms with Gasteiger partial charge in [-0.3, -0.25) is 0 Å². The van der Waals surface area contributed by atoms with Crippen LogP contribution in [0, 0.1) is 0 Å². The van der Waals surface area contributed by atoms with E-state index in [4.69, 9.17) is 0 Å². The quantitative estimate of drug-likeness (QED) is 0.947. The van der Waals surface area contributed by atoms with Gasteiger partial charge in [0.2, 0.25) is 4.34 Å². The molecule has 4 nitrogen and oxygen atoms in total. The minimum atomic E-state index is -3.55. The molecule has 0 saturated heterocycles. The zero-order valence-electron chi connectivity index (χ0n) is 11.5. The zero-order chi connectivity index (χ0) is 14.3. The molecule has 0 radical (unpaired) electrons. The van der Waals surface area contributed by atoms with Gasteiger partial charge < -0.3 is 0 Å². The molecule has 2 rings (SSSR count). The number of aryl methyl sites for hydroxylation is 1. The Bertz CT molecular complexity index is 697. The van der Waals surface area contributed by atoms with Crippen LogP contribution in [0.15, 0.2) is 22.5 Å². The van der Waals surface area contributed by atoms with Crippen LogP contribution in [-0.2, 0) is 16.4 Å². The summed E-state index contributed by atoms with van der Waals surface area (Å²) in [6.45, 7) is 7.48. The first-order chi connectivity index (χ1) is 8.73. The molecule has 1 aromatic heterocycles. The molecular weight excluding hydrogens is 280 g/mol. The molecule has 0 fully saturated rings. The molecule has 104 valence electrons. The Morgan fingerprint density at radius 2 is 2.00 bits per heavy atom. The Balaban J connectivity index is 2.53. The maximum atomic E-state index is 12.3. The van der Waals surface area contributed by atoms with Crippen molar-refractivity contribution in [3.8, 4) is 0 Å². The Morgan fingerprint density at radius 3 is 2.58 bits per heavy atom. The number of rotatable bonds is 3. The smallest absolute Gasteiger partial charge is 0.224 e. The lowest BCUT2D eigenvalue weighted by Crippen LogP contribution is -2.40. The normalized spacial score (nSPS) is 13.1. The van der Waals surface area contributed by atoms with Crippen molar-refractivity contribution in [1.82, 2.24) is 9.71 Å². The van der Waals surface area contributed by atoms with Crippen molar-refractivity contribution >= 4 is 31.6 Å². The summed E-state index contributed by atoms with van der Waals surface area (Å²) in [5.41, 5.74) is 1.36. The van der Waals surface area contributed by atoms with E-state index in [1.165, 1.54) is 11.3 Å². The summed E-state index contributed by atoms with van der Waals surface area (Å²) in [7, 11) is -3.55. The zero-order valence-corrected chi connectivity index (χ0v) is 13.2. The highest BCUT2D eigenvalue weighted by Crippen LogP contribution is 2.28. The van der Waals surface area contributed by atoms with Crippen LogP contribution < -0.4 is 4.72 Å². The molecule has 19 heavy (non-hydrogen) atoms. The van der Waals surface area contributed by atoms with E-state index in [1.807, 2.05) is 45.9 Å². The lowest BCUT2D eigenvalue weighted by Gasteiger charge is -2.18. The Morgan fingerprint density at radius 1 is 1.32 bits per heavy atom. The number of aromatic nitrogens is 1. The second kappa shape index (κ2) is 4.85. The first-order valence-electron chi connectivity index (χ1n) is 6.15. The molecule has 0 aliphatic heterocycles. The Hall–Kier alpha value is -0.980. The predicted octanol–water partition coefficient (Wildman–Crippen LogP) is 2.94. The number of para-hydroxylation sites is 1. The molecule has 0 atom stereocenters. The standard InChI is InChI=1S/C13H18N2O2S2/c1-5-9-7-6-8-10-11(9)14-12(18-10)19(16,17)15-13(2,3)4/h6-8,15H,5H2,1-4H3. The molecular formula is C13H18N2O2S2. The Kier molecular flexibility index (Phi) is 3.68. The molecule has 1 aromatic carbocycles. The van der Waals surface area contributed by atoms with Gasteiger partial charge in [-0.1, -0.05) is 19.1 Å². The van der Waals surface area contributed by atoms with Gasteiger partial charge >= 0.3 is 0 Å². The summed E-state index contributed by atoms with van der Waals surface area (Å²) in [6, 6.07) is 5.82. The maximum absolute atomic E-state index is 12.3. The van der Waals surface area contributed by atoms with E-state index in [-0.39, 0.29) is 4.34 Å². The average Bonchev–Trinajstić information content (AvgIpc) is 2.69. The van der Waals surface area contributed by atoms with Crippen LogP contribution >= 0.6 is 11.3 Å². The van der Waals surface area contributed by atoms with E-state index in [9.17, 15) is 8.42 Å². The fourth-order valence-corrected chi connectivity index (χ4v) is 4.52. The van der Waals surface area contributed by atoms with Gasteiger partial charge in [0.1, 0.15) is 0 Å². The number of hydrogen-bond donors (Lipinski definition) is 1. The summed E-state index contributed by atoms with van der Waals surface area (Å²) in [4.78, 5) is 4.31. The molecule has 1 N–H and O–H groups in total. The number of thiazole rings is 1. The second-order valence-corrected chi connectivity index (χ2v) is 8.34. The third kappa shape index (κ3) is 3.13. The highest BCUT2D eigenvalue weighted by atomic mass is 32.2. The van der Waals surface area contributed by atoms with Crippen LogP contribution in [0.5, 0.6) is 0 Å². The highest BCUT2D eigenvalue weighted by Gasteiger charge is 2.25. The van der Waals surface area contributed by atoms with Crippen molar-refractivity contribution in [3.63, 3.8) is 0 Å². The first kappa shape index (κ1) is 14.4. The van der Waals surface area contributed by atoms with E-state index >= 15 is 0 Å². The minimum Gasteiger partial charge on any atom is -0.224 e. The monoisotopic (exact) mass is 298 g/mol. The molecule has 0 saturated carbocycles. The van der Waals surface area contributed by atoms with Crippen LogP contribution in [-0.4, -0.2) is 18.9 Å². The lowest BCUT2D eigenvalue weighted by molar-refractivity contribution is 0.491. The Labute approximate surface area is 117 Å². The summed E-state index contributed by atoms with van der Waals surface area (Å²) >= 11 is 1.21. The highest BCUT2D eigenvalue weighted by molar-refractivity contribution is 7.91. The van der Waals surface area contributed by atoms with E-state index in [1.54, 1.807) is 0 Å². The van der Waals surface area contributed by atoms with Gasteiger partial charge in [0.15, 0.2) is 0 Å². The van der Waals surface area contributed by atoms with E-state index in [2.05, 4.69) is 9.71 Å². The number of fused-ring (bicyclic) bond motifs is 1. The lowest BCUT2D eigenvalue weighted by atomic mass is 10.1. The molecule has 6 heteroatoms. The van der Waals surface area contributed by atoms with Crippen molar-refractivity contribution in [2.45, 2.75) is 44.0 Å². The molecule has 1 heterocycles. The number of benzene rings is 1. The summed E-state index contributed by atoms with van der Waals surface area (Å²) < 4.78 is 28.2. The van der Waals surface area contributed by atoms with Crippen LogP contribution in [0.4, 0.5) is 0 Å². The molecule has 0 amide bonds. The van der Waals surface area contributed by atoms with E-state index in [0.717, 1.165) is 22.2 Å². The summed E-state index contributed by atoms with van der Waals surface area (Å²) in [5.74, 6) is 0. The molecule has 0 bridgehead atoms. The van der Waals surface area contributed by atoms with Crippen LogP contribution in [0.1, 0.15) is 33.3 Å². The van der Waals surface area contributed by atoms with Crippen molar-refractivity contribution in [1.29, 1.82) is 0 Å². The molecule has 0 aliphatic rings. The average molecular weight is 298 g/mol. The number of nitrogens with one attached hydrogen (secondary N) is 1. The SMILES string of the molecule is CCc1cccc2sc(S(=O)(=O)NC(C)(C)C)nc12. The van der Waals surface area contributed by atoms with Gasteiger partial charge in [-0.15, -0.1) is 11.3 Å². The van der Waals surface area contributed by atoms with E-state index < -0.39 is 15.6 Å². The van der Waals surface area contributed by atoms with Crippen molar-refractivity contribution in [3.05, 3.63) is 23.8 Å². The van der Waals surface area contributed by atoms with Crippen molar-refractivity contribution < 1.29 is 8.42 Å².